The first kappa shape index (κ1) is 14.1. The molecule has 19 heavy (non-hydrogen) atoms. The first-order valence-corrected chi connectivity index (χ1v) is 10.1. The van der Waals surface area contributed by atoms with Crippen molar-refractivity contribution in [2.75, 3.05) is 12.0 Å². The monoisotopic (exact) mass is 298 g/mol. The van der Waals surface area contributed by atoms with Crippen LogP contribution in [0.3, 0.4) is 0 Å². The van der Waals surface area contributed by atoms with Gasteiger partial charge in [0.2, 0.25) is 0 Å². The Morgan fingerprint density at radius 1 is 1.16 bits per heavy atom. The number of aliphatic imine (C=N–C) groups is 1. The van der Waals surface area contributed by atoms with Gasteiger partial charge in [0.05, 0.1) is 6.04 Å². The Bertz CT molecular complexity index is 329. The topological polar surface area (TPSA) is 24.4 Å². The van der Waals surface area contributed by atoms with E-state index in [1.54, 1.807) is 0 Å². The summed E-state index contributed by atoms with van der Waals surface area (Å²) in [6.07, 6.45) is 14.5. The maximum absolute atomic E-state index is 5.01. The molecule has 3 rings (SSSR count). The number of amidine groups is 1. The molecule has 2 aliphatic carbocycles. The van der Waals surface area contributed by atoms with E-state index in [0.717, 1.165) is 5.25 Å². The first-order valence-electron chi connectivity index (χ1n) is 7.81. The largest absolute Gasteiger partial charge is 0.359 e. The van der Waals surface area contributed by atoms with E-state index in [0.29, 0.717) is 11.6 Å². The maximum atomic E-state index is 5.01. The first-order chi connectivity index (χ1) is 9.30. The Hall–Kier alpha value is 0.170. The molecule has 0 radical (unpaired) electrons. The van der Waals surface area contributed by atoms with Gasteiger partial charge >= 0.3 is 0 Å². The van der Waals surface area contributed by atoms with Gasteiger partial charge in [0.25, 0.3) is 0 Å². The second-order valence-electron chi connectivity index (χ2n) is 6.36. The molecule has 0 bridgehead atoms. The van der Waals surface area contributed by atoms with Gasteiger partial charge in [-0.25, -0.2) is 0 Å². The molecule has 1 heterocycles. The average Bonchev–Trinajstić information content (AvgIpc) is 2.83. The van der Waals surface area contributed by atoms with Crippen molar-refractivity contribution in [2.45, 2.75) is 74.6 Å². The third kappa shape index (κ3) is 3.44. The molecule has 0 aromatic carbocycles. The standard InChI is InChI=1S/C15H26N2S2/c1-18-13-7-5-12(6-8-13)16-14-17-15(11-19-14)9-3-2-4-10-15/h12-13H,2-11H2,1H3,(H,16,17). The molecule has 108 valence electrons. The van der Waals surface area contributed by atoms with Crippen LogP contribution in [0.25, 0.3) is 0 Å². The molecule has 0 amide bonds. The Balaban J connectivity index is 1.54. The van der Waals surface area contributed by atoms with Gasteiger partial charge in [0.15, 0.2) is 5.17 Å². The van der Waals surface area contributed by atoms with Crippen LogP contribution in [0.5, 0.6) is 0 Å². The van der Waals surface area contributed by atoms with Crippen LogP contribution >= 0.6 is 23.5 Å². The quantitative estimate of drug-likeness (QED) is 0.832. The predicted molar refractivity (Wildman–Crippen MR) is 88.4 cm³/mol. The van der Waals surface area contributed by atoms with Gasteiger partial charge in [-0.2, -0.15) is 11.8 Å². The minimum absolute atomic E-state index is 0.415. The highest BCUT2D eigenvalue weighted by Gasteiger charge is 2.38. The Morgan fingerprint density at radius 3 is 2.58 bits per heavy atom. The Morgan fingerprint density at radius 2 is 1.89 bits per heavy atom. The zero-order valence-electron chi connectivity index (χ0n) is 12.0. The van der Waals surface area contributed by atoms with Crippen molar-refractivity contribution < 1.29 is 0 Å². The van der Waals surface area contributed by atoms with Crippen LogP contribution in [0.4, 0.5) is 0 Å². The number of nitrogens with one attached hydrogen (secondary N) is 1. The lowest BCUT2D eigenvalue weighted by Crippen LogP contribution is -2.45. The van der Waals surface area contributed by atoms with E-state index < -0.39 is 0 Å². The fourth-order valence-corrected chi connectivity index (χ4v) is 5.68. The van der Waals surface area contributed by atoms with Crippen LogP contribution in [0.1, 0.15) is 57.8 Å². The number of hydrogen-bond donors (Lipinski definition) is 1. The summed E-state index contributed by atoms with van der Waals surface area (Å²) in [5.74, 6) is 1.26. The molecule has 0 atom stereocenters. The van der Waals surface area contributed by atoms with Crippen LogP contribution in [-0.4, -0.2) is 34.0 Å². The van der Waals surface area contributed by atoms with Gasteiger partial charge in [0.1, 0.15) is 0 Å². The second kappa shape index (κ2) is 6.30. The van der Waals surface area contributed by atoms with E-state index >= 15 is 0 Å². The van der Waals surface area contributed by atoms with Crippen molar-refractivity contribution in [2.24, 2.45) is 4.99 Å². The molecule has 3 fully saturated rings. The molecule has 4 heteroatoms. The lowest BCUT2D eigenvalue weighted by atomic mass is 9.83. The summed E-state index contributed by atoms with van der Waals surface area (Å²) in [7, 11) is 0. The van der Waals surface area contributed by atoms with Gasteiger partial charge in [-0.3, -0.25) is 4.99 Å². The van der Waals surface area contributed by atoms with E-state index in [4.69, 9.17) is 4.99 Å². The van der Waals surface area contributed by atoms with Crippen molar-refractivity contribution >= 4 is 28.7 Å². The summed E-state index contributed by atoms with van der Waals surface area (Å²) in [5, 5.41) is 5.94. The lowest BCUT2D eigenvalue weighted by molar-refractivity contribution is 0.303. The van der Waals surface area contributed by atoms with Crippen LogP contribution in [0.2, 0.25) is 0 Å². The van der Waals surface area contributed by atoms with Crippen LogP contribution < -0.4 is 5.32 Å². The lowest BCUT2D eigenvalue weighted by Gasteiger charge is -2.33. The molecule has 3 aliphatic rings. The number of hydrogen-bond acceptors (Lipinski definition) is 3. The van der Waals surface area contributed by atoms with Crippen molar-refractivity contribution in [3.63, 3.8) is 0 Å². The van der Waals surface area contributed by atoms with Crippen molar-refractivity contribution in [3.05, 3.63) is 0 Å². The normalized spacial score (nSPS) is 36.6. The molecule has 0 aromatic heterocycles. The Labute approximate surface area is 126 Å². The third-order valence-corrected chi connectivity index (χ3v) is 7.26. The predicted octanol–water partition coefficient (Wildman–Crippen LogP) is 4.06. The molecule has 0 unspecified atom stereocenters. The minimum atomic E-state index is 0.415. The van der Waals surface area contributed by atoms with Crippen LogP contribution in [-0.2, 0) is 0 Å². The molecular formula is C15H26N2S2. The molecule has 1 saturated heterocycles. The number of thioether (sulfide) groups is 2. The van der Waals surface area contributed by atoms with Crippen molar-refractivity contribution in [1.82, 2.24) is 5.32 Å². The average molecular weight is 299 g/mol. The highest BCUT2D eigenvalue weighted by atomic mass is 32.2. The van der Waals surface area contributed by atoms with E-state index in [2.05, 4.69) is 11.6 Å². The van der Waals surface area contributed by atoms with E-state index in [-0.39, 0.29) is 0 Å². The minimum Gasteiger partial charge on any atom is -0.359 e. The van der Waals surface area contributed by atoms with E-state index in [1.807, 2.05) is 23.5 Å². The van der Waals surface area contributed by atoms with E-state index in [9.17, 15) is 0 Å². The molecule has 0 aromatic rings. The van der Waals surface area contributed by atoms with Gasteiger partial charge in [-0.15, -0.1) is 0 Å². The molecule has 1 aliphatic heterocycles. The van der Waals surface area contributed by atoms with Crippen molar-refractivity contribution in [3.8, 4) is 0 Å². The number of rotatable bonds is 2. The smallest absolute Gasteiger partial charge is 0.157 e. The zero-order valence-corrected chi connectivity index (χ0v) is 13.6. The maximum Gasteiger partial charge on any atom is 0.157 e. The fraction of sp³-hybridized carbons (Fsp3) is 0.933. The summed E-state index contributed by atoms with van der Waals surface area (Å²) in [5.41, 5.74) is 0.415. The summed E-state index contributed by atoms with van der Waals surface area (Å²) < 4.78 is 0. The second-order valence-corrected chi connectivity index (χ2v) is 8.46. The zero-order chi connectivity index (χ0) is 13.1. The van der Waals surface area contributed by atoms with Crippen LogP contribution in [0, 0.1) is 0 Å². The molecular weight excluding hydrogens is 272 g/mol. The highest BCUT2D eigenvalue weighted by molar-refractivity contribution is 8.14. The third-order valence-electron chi connectivity index (χ3n) is 4.94. The molecule has 1 N–H and O–H groups in total. The van der Waals surface area contributed by atoms with E-state index in [1.165, 1.54) is 68.7 Å². The molecule has 2 saturated carbocycles. The summed E-state index contributed by atoms with van der Waals surface area (Å²) in [6.45, 7) is 0. The molecule has 2 nitrogen and oxygen atoms in total. The summed E-state index contributed by atoms with van der Waals surface area (Å²) in [6, 6.07) is 0.595. The van der Waals surface area contributed by atoms with Crippen LogP contribution in [0.15, 0.2) is 4.99 Å². The number of nitrogens with zero attached hydrogens (tertiary/aromatic N) is 1. The Kier molecular flexibility index (Phi) is 4.68. The van der Waals surface area contributed by atoms with Gasteiger partial charge in [-0.1, -0.05) is 31.0 Å². The molecule has 1 spiro atoms. The summed E-state index contributed by atoms with van der Waals surface area (Å²) in [4.78, 5) is 5.01. The summed E-state index contributed by atoms with van der Waals surface area (Å²) >= 11 is 4.02. The van der Waals surface area contributed by atoms with Gasteiger partial charge in [0, 0.05) is 16.5 Å². The SMILES string of the molecule is CSC1CCC(N=C2NC3(CCCCC3)CS2)CC1. The van der Waals surface area contributed by atoms with Crippen molar-refractivity contribution in [1.29, 1.82) is 0 Å². The van der Waals surface area contributed by atoms with Gasteiger partial charge < -0.3 is 5.32 Å². The fourth-order valence-electron chi connectivity index (χ4n) is 3.65. The van der Waals surface area contributed by atoms with Gasteiger partial charge in [-0.05, 0) is 44.8 Å². The highest BCUT2D eigenvalue weighted by Crippen LogP contribution is 2.37.